The first-order valence-electron chi connectivity index (χ1n) is 17.1. The van der Waals surface area contributed by atoms with Crippen LogP contribution >= 0.6 is 0 Å². The van der Waals surface area contributed by atoms with Gasteiger partial charge in [-0.15, -0.1) is 0 Å². The third-order valence-corrected chi connectivity index (χ3v) is 15.1. The molecule has 44 heavy (non-hydrogen) atoms. The molecule has 1 heterocycles. The van der Waals surface area contributed by atoms with E-state index in [1.807, 2.05) is 13.0 Å². The number of carboxylic acid groups (broad SMARTS) is 1. The van der Waals surface area contributed by atoms with Gasteiger partial charge in [0.05, 0.1) is 24.2 Å². The van der Waals surface area contributed by atoms with Crippen LogP contribution in [0.5, 0.6) is 0 Å². The van der Waals surface area contributed by atoms with Gasteiger partial charge < -0.3 is 29.9 Å². The fourth-order valence-electron chi connectivity index (χ4n) is 11.9. The van der Waals surface area contributed by atoms with E-state index >= 15 is 0 Å². The monoisotopic (exact) mass is 616 g/mol. The van der Waals surface area contributed by atoms with Gasteiger partial charge in [-0.1, -0.05) is 47.1 Å². The smallest absolute Gasteiger partial charge is 0.309 e. The Kier molecular flexibility index (Phi) is 7.66. The van der Waals surface area contributed by atoms with Crippen LogP contribution in [-0.4, -0.2) is 69.5 Å². The molecule has 8 nitrogen and oxygen atoms in total. The molecule has 8 heteroatoms. The Labute approximate surface area is 263 Å². The summed E-state index contributed by atoms with van der Waals surface area (Å²) in [5.74, 6) is -0.267. The van der Waals surface area contributed by atoms with Crippen LogP contribution < -0.4 is 0 Å². The van der Waals surface area contributed by atoms with Gasteiger partial charge in [-0.2, -0.15) is 0 Å². The Morgan fingerprint density at radius 2 is 1.66 bits per heavy atom. The molecule has 6 rings (SSSR count). The van der Waals surface area contributed by atoms with E-state index in [9.17, 15) is 30.0 Å². The predicted octanol–water partition coefficient (Wildman–Crippen LogP) is 5.27. The number of carboxylic acids is 1. The number of aliphatic carboxylic acids is 1. The molecule has 248 valence electrons. The van der Waals surface area contributed by atoms with Gasteiger partial charge in [0.15, 0.2) is 12.1 Å². The van der Waals surface area contributed by atoms with Crippen molar-refractivity contribution in [1.29, 1.82) is 0 Å². The Hall–Kier alpha value is -1.32. The Bertz CT molecular complexity index is 1230. The first kappa shape index (κ1) is 32.6. The molecular formula is C36H56O8. The van der Waals surface area contributed by atoms with Crippen LogP contribution in [0.25, 0.3) is 0 Å². The standard InChI is InChI=1S/C36H56O8/c1-31(2)25-8-11-36(7)29(34(25,5)10-9-26(31)44-27-17-22(38)28(40)24(19-37)43-27)23(39)16-20-21-18-33(4,30(41)42)13-12-32(21,3)14-15-35(20,36)6/h16,21-22,24-29,37-38,40H,8-15,17-19H2,1-7H3,(H,41,42)/t21-,22-,24+,25-,26-,27+,28+,29+,32+,33-,34-,35+,36+/m0/s1. The van der Waals surface area contributed by atoms with Crippen molar-refractivity contribution in [2.24, 2.45) is 50.2 Å². The van der Waals surface area contributed by atoms with Gasteiger partial charge in [0.2, 0.25) is 0 Å². The van der Waals surface area contributed by atoms with Crippen LogP contribution in [0.15, 0.2) is 11.6 Å². The number of ketones is 1. The van der Waals surface area contributed by atoms with Gasteiger partial charge in [-0.25, -0.2) is 0 Å². The van der Waals surface area contributed by atoms with Crippen molar-refractivity contribution in [3.63, 3.8) is 0 Å². The second-order valence-electron chi connectivity index (χ2n) is 17.6. The molecule has 1 aliphatic heterocycles. The number of hydrogen-bond acceptors (Lipinski definition) is 7. The number of carbonyl (C=O) groups is 2. The highest BCUT2D eigenvalue weighted by atomic mass is 16.7. The number of aliphatic hydroxyl groups excluding tert-OH is 3. The Balaban J connectivity index is 1.31. The summed E-state index contributed by atoms with van der Waals surface area (Å²) in [7, 11) is 0. The van der Waals surface area contributed by atoms with E-state index in [1.165, 1.54) is 5.57 Å². The SMILES string of the molecule is CC1(C)[C@@H](O[C@@H]2C[C@H](O)[C@@H](O)[C@@H](CO)O2)CC[C@]2(C)[C@H]3C(=O)C=C4[C@@H]5C[C@@](C)(C(=O)O)CC[C@]5(C)CC[C@@]4(C)[C@]3(C)CC[C@@H]12. The minimum atomic E-state index is -1.14. The number of carbonyl (C=O) groups excluding carboxylic acids is 1. The van der Waals surface area contributed by atoms with Crippen molar-refractivity contribution >= 4 is 11.8 Å². The number of allylic oxidation sites excluding steroid dienone is 2. The quantitative estimate of drug-likeness (QED) is 0.314. The fourth-order valence-corrected chi connectivity index (χ4v) is 11.9. The number of rotatable bonds is 4. The number of ether oxygens (including phenoxy) is 2. The molecule has 4 N–H and O–H groups in total. The van der Waals surface area contributed by atoms with E-state index in [4.69, 9.17) is 9.47 Å². The maximum absolute atomic E-state index is 14.6. The lowest BCUT2D eigenvalue weighted by Crippen LogP contribution is -2.67. The van der Waals surface area contributed by atoms with E-state index in [2.05, 4.69) is 41.5 Å². The highest BCUT2D eigenvalue weighted by molar-refractivity contribution is 5.95. The lowest BCUT2D eigenvalue weighted by Gasteiger charge is -2.70. The zero-order valence-corrected chi connectivity index (χ0v) is 27.9. The molecule has 1 saturated heterocycles. The summed E-state index contributed by atoms with van der Waals surface area (Å²) in [6.07, 6.45) is 6.05. The molecule has 5 aliphatic carbocycles. The summed E-state index contributed by atoms with van der Waals surface area (Å²) in [6, 6.07) is 0. The molecule has 0 bridgehead atoms. The van der Waals surface area contributed by atoms with Gasteiger partial charge in [0.1, 0.15) is 12.2 Å². The van der Waals surface area contributed by atoms with Crippen molar-refractivity contribution in [2.45, 2.75) is 143 Å². The summed E-state index contributed by atoms with van der Waals surface area (Å²) >= 11 is 0. The summed E-state index contributed by atoms with van der Waals surface area (Å²) in [4.78, 5) is 27.0. The van der Waals surface area contributed by atoms with Crippen LogP contribution in [0.2, 0.25) is 0 Å². The van der Waals surface area contributed by atoms with E-state index in [-0.39, 0.29) is 69.7 Å². The van der Waals surface area contributed by atoms with Crippen LogP contribution in [0.4, 0.5) is 0 Å². The van der Waals surface area contributed by atoms with E-state index in [1.54, 1.807) is 0 Å². The van der Waals surface area contributed by atoms with Crippen LogP contribution in [0.3, 0.4) is 0 Å². The minimum absolute atomic E-state index is 0.0299. The molecule has 0 unspecified atom stereocenters. The van der Waals surface area contributed by atoms with E-state index in [0.29, 0.717) is 12.8 Å². The van der Waals surface area contributed by atoms with Crippen LogP contribution in [-0.2, 0) is 19.1 Å². The van der Waals surface area contributed by atoms with Crippen molar-refractivity contribution in [2.75, 3.05) is 6.61 Å². The van der Waals surface area contributed by atoms with Crippen molar-refractivity contribution < 1.29 is 39.5 Å². The van der Waals surface area contributed by atoms with Crippen LogP contribution in [0, 0.1) is 50.2 Å². The maximum atomic E-state index is 14.6. The summed E-state index contributed by atoms with van der Waals surface area (Å²) in [5.41, 5.74) is -0.373. The second kappa shape index (κ2) is 10.3. The van der Waals surface area contributed by atoms with Crippen molar-refractivity contribution in [3.05, 3.63) is 11.6 Å². The summed E-state index contributed by atoms with van der Waals surface area (Å²) < 4.78 is 12.4. The average molecular weight is 617 g/mol. The third kappa shape index (κ3) is 4.40. The molecule has 4 saturated carbocycles. The molecule has 5 fully saturated rings. The minimum Gasteiger partial charge on any atom is -0.481 e. The molecule has 0 aromatic rings. The first-order chi connectivity index (χ1) is 20.4. The molecule has 0 amide bonds. The molecular weight excluding hydrogens is 560 g/mol. The predicted molar refractivity (Wildman–Crippen MR) is 164 cm³/mol. The Morgan fingerprint density at radius 3 is 2.32 bits per heavy atom. The lowest BCUT2D eigenvalue weighted by atomic mass is 9.33. The normalized spacial score (nSPS) is 53.4. The Morgan fingerprint density at radius 1 is 0.977 bits per heavy atom. The number of fused-ring (bicyclic) bond motifs is 7. The molecule has 0 aromatic carbocycles. The van der Waals surface area contributed by atoms with Crippen LogP contribution in [0.1, 0.15) is 113 Å². The van der Waals surface area contributed by atoms with Crippen molar-refractivity contribution in [3.8, 4) is 0 Å². The zero-order valence-electron chi connectivity index (χ0n) is 27.9. The van der Waals surface area contributed by atoms with E-state index < -0.39 is 36.0 Å². The first-order valence-corrected chi connectivity index (χ1v) is 17.1. The zero-order chi connectivity index (χ0) is 32.3. The van der Waals surface area contributed by atoms with E-state index in [0.717, 1.165) is 44.9 Å². The second-order valence-corrected chi connectivity index (χ2v) is 17.6. The summed E-state index contributed by atoms with van der Waals surface area (Å²) in [6.45, 7) is 15.4. The topological polar surface area (TPSA) is 134 Å². The third-order valence-electron chi connectivity index (χ3n) is 15.1. The molecule has 0 spiro atoms. The van der Waals surface area contributed by atoms with Gasteiger partial charge in [0.25, 0.3) is 0 Å². The fraction of sp³-hybridized carbons (Fsp3) is 0.889. The lowest BCUT2D eigenvalue weighted by molar-refractivity contribution is -0.296. The summed E-state index contributed by atoms with van der Waals surface area (Å²) in [5, 5.41) is 40.4. The molecule has 6 aliphatic rings. The molecule has 0 radical (unpaired) electrons. The van der Waals surface area contributed by atoms with Gasteiger partial charge >= 0.3 is 5.97 Å². The number of aliphatic hydroxyl groups is 3. The molecule has 13 atom stereocenters. The average Bonchev–Trinajstić information content (AvgIpc) is 2.94. The van der Waals surface area contributed by atoms with Gasteiger partial charge in [-0.3, -0.25) is 9.59 Å². The van der Waals surface area contributed by atoms with Gasteiger partial charge in [-0.05, 0) is 110 Å². The molecule has 0 aromatic heterocycles. The van der Waals surface area contributed by atoms with Gasteiger partial charge in [0, 0.05) is 12.3 Å². The van der Waals surface area contributed by atoms with Crippen molar-refractivity contribution in [1.82, 2.24) is 0 Å². The largest absolute Gasteiger partial charge is 0.481 e. The maximum Gasteiger partial charge on any atom is 0.309 e. The number of hydrogen-bond donors (Lipinski definition) is 4. The highest BCUT2D eigenvalue weighted by Crippen LogP contribution is 2.75. The highest BCUT2D eigenvalue weighted by Gasteiger charge is 2.70.